The van der Waals surface area contributed by atoms with E-state index in [9.17, 15) is 13.2 Å². The molecule has 0 saturated carbocycles. The molecule has 0 aliphatic heterocycles. The highest BCUT2D eigenvalue weighted by Crippen LogP contribution is 2.32. The summed E-state index contributed by atoms with van der Waals surface area (Å²) in [6.07, 6.45) is 0. The Hall–Kier alpha value is -3.23. The minimum atomic E-state index is -4.12. The van der Waals surface area contributed by atoms with Crippen molar-refractivity contribution in [3.05, 3.63) is 77.8 Å². The molecule has 31 heavy (non-hydrogen) atoms. The van der Waals surface area contributed by atoms with E-state index >= 15 is 0 Å². The molecule has 0 aromatic heterocycles. The lowest BCUT2D eigenvalue weighted by molar-refractivity contribution is -0.114. The largest absolute Gasteiger partial charge is 0.493 e. The molecular weight excluding hydrogens is 440 g/mol. The lowest BCUT2D eigenvalue weighted by Gasteiger charge is -2.24. The van der Waals surface area contributed by atoms with Gasteiger partial charge in [-0.05, 0) is 48.5 Å². The fourth-order valence-electron chi connectivity index (χ4n) is 2.88. The number of para-hydroxylation sites is 1. The smallest absolute Gasteiger partial charge is 0.264 e. The summed E-state index contributed by atoms with van der Waals surface area (Å²) in [5.41, 5.74) is 0.856. The monoisotopic (exact) mass is 460 g/mol. The van der Waals surface area contributed by atoms with Crippen molar-refractivity contribution in [2.75, 3.05) is 30.4 Å². The van der Waals surface area contributed by atoms with E-state index in [1.54, 1.807) is 36.4 Å². The Morgan fingerprint density at radius 3 is 2.19 bits per heavy atom. The number of anilines is 2. The van der Waals surface area contributed by atoms with Gasteiger partial charge in [-0.2, -0.15) is 0 Å². The number of nitrogens with one attached hydrogen (secondary N) is 1. The molecule has 3 aromatic carbocycles. The van der Waals surface area contributed by atoms with Crippen molar-refractivity contribution in [2.45, 2.75) is 4.90 Å². The standard InChI is InChI=1S/C22H21ClN2O5S/c1-29-20-13-12-19(14-21(20)30-2)31(27,28)25(18-10-8-16(23)9-11-18)15-22(26)24-17-6-4-3-5-7-17/h3-14H,15H2,1-2H3,(H,24,26). The number of carbonyl (C=O) groups excluding carboxylic acids is 1. The van der Waals surface area contributed by atoms with Crippen LogP contribution in [-0.4, -0.2) is 35.1 Å². The van der Waals surface area contributed by atoms with Gasteiger partial charge in [-0.25, -0.2) is 8.42 Å². The molecule has 0 unspecified atom stereocenters. The van der Waals surface area contributed by atoms with Gasteiger partial charge in [0.15, 0.2) is 11.5 Å². The first-order valence-corrected chi connectivity index (χ1v) is 11.0. The molecule has 0 aliphatic rings. The van der Waals surface area contributed by atoms with Crippen LogP contribution in [0.2, 0.25) is 5.02 Å². The van der Waals surface area contributed by atoms with Crippen LogP contribution in [0.5, 0.6) is 11.5 Å². The van der Waals surface area contributed by atoms with Crippen molar-refractivity contribution < 1.29 is 22.7 Å². The molecule has 0 aliphatic carbocycles. The van der Waals surface area contributed by atoms with E-state index < -0.39 is 22.5 Å². The van der Waals surface area contributed by atoms with Gasteiger partial charge < -0.3 is 14.8 Å². The number of rotatable bonds is 8. The van der Waals surface area contributed by atoms with Crippen molar-refractivity contribution in [3.8, 4) is 11.5 Å². The second kappa shape index (κ2) is 9.72. The number of ether oxygens (including phenoxy) is 2. The molecule has 1 N–H and O–H groups in total. The Bertz CT molecular complexity index is 1150. The highest BCUT2D eigenvalue weighted by Gasteiger charge is 2.28. The molecule has 0 atom stereocenters. The predicted octanol–water partition coefficient (Wildman–Crippen LogP) is 4.19. The van der Waals surface area contributed by atoms with E-state index in [2.05, 4.69) is 5.32 Å². The maximum atomic E-state index is 13.5. The zero-order valence-corrected chi connectivity index (χ0v) is 18.5. The number of halogens is 1. The third-order valence-electron chi connectivity index (χ3n) is 4.40. The lowest BCUT2D eigenvalue weighted by atomic mass is 10.3. The van der Waals surface area contributed by atoms with E-state index in [1.165, 1.54) is 44.6 Å². The van der Waals surface area contributed by atoms with Gasteiger partial charge in [0.2, 0.25) is 5.91 Å². The highest BCUT2D eigenvalue weighted by molar-refractivity contribution is 7.92. The molecule has 0 heterocycles. The van der Waals surface area contributed by atoms with Gasteiger partial charge in [0, 0.05) is 16.8 Å². The number of benzene rings is 3. The Balaban J connectivity index is 1.99. The predicted molar refractivity (Wildman–Crippen MR) is 121 cm³/mol. The molecule has 3 rings (SSSR count). The molecule has 7 nitrogen and oxygen atoms in total. The first-order valence-electron chi connectivity index (χ1n) is 9.20. The van der Waals surface area contributed by atoms with Gasteiger partial charge in [-0.1, -0.05) is 29.8 Å². The number of nitrogens with zero attached hydrogens (tertiary/aromatic N) is 1. The normalized spacial score (nSPS) is 10.9. The minimum Gasteiger partial charge on any atom is -0.493 e. The van der Waals surface area contributed by atoms with Crippen LogP contribution in [0.1, 0.15) is 0 Å². The summed E-state index contributed by atoms with van der Waals surface area (Å²) in [7, 11) is -1.24. The molecule has 3 aromatic rings. The fraction of sp³-hybridized carbons (Fsp3) is 0.136. The fourth-order valence-corrected chi connectivity index (χ4v) is 4.44. The van der Waals surface area contributed by atoms with Crippen LogP contribution in [0.3, 0.4) is 0 Å². The molecule has 0 radical (unpaired) electrons. The average molecular weight is 461 g/mol. The average Bonchev–Trinajstić information content (AvgIpc) is 2.78. The summed E-state index contributed by atoms with van der Waals surface area (Å²) in [4.78, 5) is 12.6. The summed E-state index contributed by atoms with van der Waals surface area (Å²) in [6, 6.07) is 19.2. The van der Waals surface area contributed by atoms with Crippen molar-refractivity contribution in [3.63, 3.8) is 0 Å². The Kier molecular flexibility index (Phi) is 7.04. The number of methoxy groups -OCH3 is 2. The second-order valence-electron chi connectivity index (χ2n) is 6.42. The first-order chi connectivity index (χ1) is 14.8. The summed E-state index contributed by atoms with van der Waals surface area (Å²) < 4.78 is 38.4. The minimum absolute atomic E-state index is 0.0485. The first kappa shape index (κ1) is 22.5. The SMILES string of the molecule is COc1ccc(S(=O)(=O)N(CC(=O)Nc2ccccc2)c2ccc(Cl)cc2)cc1OC. The Morgan fingerprint density at radius 1 is 0.935 bits per heavy atom. The second-order valence-corrected chi connectivity index (χ2v) is 8.72. The van der Waals surface area contributed by atoms with Crippen molar-refractivity contribution in [2.24, 2.45) is 0 Å². The molecule has 0 bridgehead atoms. The van der Waals surface area contributed by atoms with Crippen LogP contribution in [0.15, 0.2) is 77.7 Å². The molecule has 9 heteroatoms. The van der Waals surface area contributed by atoms with Crippen molar-refractivity contribution in [1.29, 1.82) is 0 Å². The van der Waals surface area contributed by atoms with Gasteiger partial charge >= 0.3 is 0 Å². The van der Waals surface area contributed by atoms with Crippen LogP contribution in [0.25, 0.3) is 0 Å². The van der Waals surface area contributed by atoms with Gasteiger partial charge in [0.05, 0.1) is 24.8 Å². The third kappa shape index (κ3) is 5.28. The zero-order valence-electron chi connectivity index (χ0n) is 16.9. The lowest BCUT2D eigenvalue weighted by Crippen LogP contribution is -2.38. The molecule has 0 spiro atoms. The van der Waals surface area contributed by atoms with Crippen molar-refractivity contribution in [1.82, 2.24) is 0 Å². The van der Waals surface area contributed by atoms with E-state index in [4.69, 9.17) is 21.1 Å². The van der Waals surface area contributed by atoms with Gasteiger partial charge in [0.1, 0.15) is 6.54 Å². The third-order valence-corrected chi connectivity index (χ3v) is 6.42. The van der Waals surface area contributed by atoms with E-state index in [-0.39, 0.29) is 10.6 Å². The van der Waals surface area contributed by atoms with Crippen LogP contribution in [0, 0.1) is 0 Å². The maximum Gasteiger partial charge on any atom is 0.264 e. The van der Waals surface area contributed by atoms with Crippen molar-refractivity contribution >= 4 is 38.9 Å². The number of hydrogen-bond acceptors (Lipinski definition) is 5. The van der Waals surface area contributed by atoms with E-state index in [0.717, 1.165) is 4.31 Å². The summed E-state index contributed by atoms with van der Waals surface area (Å²) in [6.45, 7) is -0.437. The van der Waals surface area contributed by atoms with Gasteiger partial charge in [0.25, 0.3) is 10.0 Å². The summed E-state index contributed by atoms with van der Waals surface area (Å²) in [5, 5.41) is 3.15. The topological polar surface area (TPSA) is 84.9 Å². The molecule has 162 valence electrons. The molecule has 1 amide bonds. The number of hydrogen-bond donors (Lipinski definition) is 1. The van der Waals surface area contributed by atoms with Crippen LogP contribution in [-0.2, 0) is 14.8 Å². The summed E-state index contributed by atoms with van der Waals surface area (Å²) >= 11 is 5.96. The van der Waals surface area contributed by atoms with Gasteiger partial charge in [-0.3, -0.25) is 9.10 Å². The molecule has 0 saturated heterocycles. The van der Waals surface area contributed by atoms with Crippen LogP contribution >= 0.6 is 11.6 Å². The quantitative estimate of drug-likeness (QED) is 0.544. The van der Waals surface area contributed by atoms with E-state index in [1.807, 2.05) is 6.07 Å². The molecule has 0 fully saturated rings. The Morgan fingerprint density at radius 2 is 1.58 bits per heavy atom. The number of carbonyl (C=O) groups is 1. The van der Waals surface area contributed by atoms with Crippen LogP contribution < -0.4 is 19.1 Å². The van der Waals surface area contributed by atoms with Crippen LogP contribution in [0.4, 0.5) is 11.4 Å². The Labute approximate surface area is 186 Å². The zero-order chi connectivity index (χ0) is 22.4. The number of sulfonamides is 1. The highest BCUT2D eigenvalue weighted by atomic mass is 35.5. The molecular formula is C22H21ClN2O5S. The maximum absolute atomic E-state index is 13.5. The van der Waals surface area contributed by atoms with Gasteiger partial charge in [-0.15, -0.1) is 0 Å². The van der Waals surface area contributed by atoms with E-state index in [0.29, 0.717) is 22.1 Å². The summed E-state index contributed by atoms with van der Waals surface area (Å²) in [5.74, 6) is 0.153. The number of amides is 1.